The van der Waals surface area contributed by atoms with Crippen LogP contribution in [-0.2, 0) is 10.0 Å². The fourth-order valence-electron chi connectivity index (χ4n) is 3.95. The predicted octanol–water partition coefficient (Wildman–Crippen LogP) is 2.68. The second kappa shape index (κ2) is 8.44. The van der Waals surface area contributed by atoms with Crippen molar-refractivity contribution < 1.29 is 17.2 Å². The molecule has 0 aliphatic carbocycles. The van der Waals surface area contributed by atoms with Crippen LogP contribution in [0.15, 0.2) is 53.9 Å². The van der Waals surface area contributed by atoms with Crippen LogP contribution < -0.4 is 4.90 Å². The lowest BCUT2D eigenvalue weighted by Crippen LogP contribution is -2.49. The van der Waals surface area contributed by atoms with Gasteiger partial charge in [0.05, 0.1) is 16.6 Å². The summed E-state index contributed by atoms with van der Waals surface area (Å²) in [6.07, 6.45) is 4.62. The molecule has 0 saturated carbocycles. The molecule has 0 atom stereocenters. The van der Waals surface area contributed by atoms with Gasteiger partial charge in [0.2, 0.25) is 10.0 Å². The van der Waals surface area contributed by atoms with E-state index < -0.39 is 26.6 Å². The number of pyridine rings is 1. The molecule has 0 amide bonds. The van der Waals surface area contributed by atoms with Crippen molar-refractivity contribution in [2.75, 3.05) is 31.1 Å². The largest absolute Gasteiger partial charge is 0.354 e. The first-order valence-corrected chi connectivity index (χ1v) is 11.7. The molecule has 1 saturated heterocycles. The lowest BCUT2D eigenvalue weighted by Gasteiger charge is -2.34. The summed E-state index contributed by atoms with van der Waals surface area (Å²) in [5.41, 5.74) is 2.27. The summed E-state index contributed by atoms with van der Waals surface area (Å²) in [5, 5.41) is 9.97. The summed E-state index contributed by atoms with van der Waals surface area (Å²) in [6, 6.07) is 8.12. The normalized spacial score (nSPS) is 14.9. The highest BCUT2D eigenvalue weighted by Gasteiger charge is 2.31. The minimum absolute atomic E-state index is 0.100. The molecule has 5 rings (SSSR count). The first-order valence-electron chi connectivity index (χ1n) is 10.3. The van der Waals surface area contributed by atoms with Crippen molar-refractivity contribution >= 4 is 26.9 Å². The average Bonchev–Trinajstić information content (AvgIpc) is 3.29. The minimum atomic E-state index is -4.16. The molecule has 1 aromatic carbocycles. The average molecular weight is 481 g/mol. The van der Waals surface area contributed by atoms with E-state index in [1.54, 1.807) is 18.5 Å². The third kappa shape index (κ3) is 3.74. The molecule has 4 aromatic rings. The number of hydrogen-bond donors (Lipinski definition) is 1. The van der Waals surface area contributed by atoms with E-state index in [2.05, 4.69) is 26.0 Å². The summed E-state index contributed by atoms with van der Waals surface area (Å²) in [4.78, 5) is 17.1. The summed E-state index contributed by atoms with van der Waals surface area (Å²) < 4.78 is 54.3. The number of H-pyrrole nitrogens is 1. The first-order chi connectivity index (χ1) is 16.4. The fourth-order valence-corrected chi connectivity index (χ4v) is 5.45. The summed E-state index contributed by atoms with van der Waals surface area (Å²) in [5.74, 6) is -1.16. The quantitative estimate of drug-likeness (QED) is 0.476. The molecular formula is C22H17F2N7O2S. The Balaban J connectivity index is 1.34. The van der Waals surface area contributed by atoms with Crippen LogP contribution >= 0.6 is 0 Å². The van der Waals surface area contributed by atoms with Gasteiger partial charge in [-0.1, -0.05) is 0 Å². The first kappa shape index (κ1) is 21.9. The van der Waals surface area contributed by atoms with Gasteiger partial charge in [0.25, 0.3) is 0 Å². The predicted molar refractivity (Wildman–Crippen MR) is 119 cm³/mol. The number of nitriles is 1. The molecule has 0 spiro atoms. The van der Waals surface area contributed by atoms with Gasteiger partial charge in [-0.3, -0.25) is 0 Å². The molecule has 3 aromatic heterocycles. The number of rotatable bonds is 4. The van der Waals surface area contributed by atoms with Gasteiger partial charge in [-0.2, -0.15) is 9.57 Å². The van der Waals surface area contributed by atoms with Crippen LogP contribution in [0.25, 0.3) is 22.3 Å². The van der Waals surface area contributed by atoms with Gasteiger partial charge in [0.1, 0.15) is 40.4 Å². The fraction of sp³-hybridized carbons (Fsp3) is 0.182. The number of nitrogens with zero attached hydrogens (tertiary/aromatic N) is 6. The van der Waals surface area contributed by atoms with Crippen LogP contribution in [0.1, 0.15) is 5.56 Å². The summed E-state index contributed by atoms with van der Waals surface area (Å²) in [7, 11) is -4.16. The highest BCUT2D eigenvalue weighted by Crippen LogP contribution is 2.29. The Morgan fingerprint density at radius 2 is 1.82 bits per heavy atom. The van der Waals surface area contributed by atoms with Crippen molar-refractivity contribution in [2.24, 2.45) is 0 Å². The van der Waals surface area contributed by atoms with Crippen molar-refractivity contribution in [2.45, 2.75) is 4.90 Å². The summed E-state index contributed by atoms with van der Waals surface area (Å²) >= 11 is 0. The standard InChI is InChI=1S/C22H17F2N7O2S/c23-16-2-3-17(24)18(9-16)34(32,33)31-7-5-30(6-8-31)19-4-1-14(11-26-19)21-20-15(10-25)12-27-22(20)29-13-28-21/h1-4,9,11-13H,5-8H2,(H,27,28,29). The van der Waals surface area contributed by atoms with Gasteiger partial charge in [0, 0.05) is 44.1 Å². The Morgan fingerprint density at radius 3 is 2.53 bits per heavy atom. The summed E-state index contributed by atoms with van der Waals surface area (Å²) in [6.45, 7) is 0.861. The maximum atomic E-state index is 14.0. The zero-order valence-electron chi connectivity index (χ0n) is 17.6. The topological polar surface area (TPSA) is 119 Å². The van der Waals surface area contributed by atoms with Gasteiger partial charge in [-0.25, -0.2) is 32.2 Å². The second-order valence-corrected chi connectivity index (χ2v) is 9.54. The molecule has 0 bridgehead atoms. The number of benzene rings is 1. The molecule has 9 nitrogen and oxygen atoms in total. The third-order valence-electron chi connectivity index (χ3n) is 5.69. The minimum Gasteiger partial charge on any atom is -0.354 e. The zero-order chi connectivity index (χ0) is 23.9. The van der Waals surface area contributed by atoms with Crippen LogP contribution in [0.5, 0.6) is 0 Å². The lowest BCUT2D eigenvalue weighted by molar-refractivity contribution is 0.381. The Bertz CT molecular complexity index is 1520. The SMILES string of the molecule is N#Cc1c[nH]c2ncnc(-c3ccc(N4CCN(S(=O)(=O)c5cc(F)ccc5F)CC4)nc3)c12. The van der Waals surface area contributed by atoms with Crippen LogP contribution in [-0.4, -0.2) is 58.8 Å². The molecular weight excluding hydrogens is 464 g/mol. The van der Waals surface area contributed by atoms with Crippen LogP contribution in [0.2, 0.25) is 0 Å². The molecule has 1 N–H and O–H groups in total. The van der Waals surface area contributed by atoms with Gasteiger partial charge in [-0.05, 0) is 30.3 Å². The van der Waals surface area contributed by atoms with Crippen molar-refractivity contribution in [1.29, 1.82) is 5.26 Å². The highest BCUT2D eigenvalue weighted by molar-refractivity contribution is 7.89. The van der Waals surface area contributed by atoms with E-state index in [0.717, 1.165) is 16.4 Å². The van der Waals surface area contributed by atoms with Crippen molar-refractivity contribution in [1.82, 2.24) is 24.2 Å². The molecule has 172 valence electrons. The van der Waals surface area contributed by atoms with E-state index in [1.165, 1.54) is 6.33 Å². The Labute approximate surface area is 193 Å². The van der Waals surface area contributed by atoms with Gasteiger partial charge < -0.3 is 9.88 Å². The number of halogens is 2. The molecule has 12 heteroatoms. The number of hydrogen-bond acceptors (Lipinski definition) is 7. The van der Waals surface area contributed by atoms with E-state index >= 15 is 0 Å². The van der Waals surface area contributed by atoms with E-state index in [9.17, 15) is 22.5 Å². The Hall–Kier alpha value is -3.95. The zero-order valence-corrected chi connectivity index (χ0v) is 18.4. The molecule has 34 heavy (non-hydrogen) atoms. The van der Waals surface area contributed by atoms with Gasteiger partial charge >= 0.3 is 0 Å². The highest BCUT2D eigenvalue weighted by atomic mass is 32.2. The molecule has 0 radical (unpaired) electrons. The smallest absolute Gasteiger partial charge is 0.246 e. The monoisotopic (exact) mass is 481 g/mol. The van der Waals surface area contributed by atoms with E-state index in [4.69, 9.17) is 0 Å². The van der Waals surface area contributed by atoms with E-state index in [1.807, 2.05) is 11.0 Å². The van der Waals surface area contributed by atoms with E-state index in [-0.39, 0.29) is 13.1 Å². The van der Waals surface area contributed by atoms with Crippen LogP contribution in [0.3, 0.4) is 0 Å². The number of aromatic amines is 1. The molecule has 4 heterocycles. The number of anilines is 1. The van der Waals surface area contributed by atoms with Crippen molar-refractivity contribution in [3.05, 3.63) is 66.3 Å². The number of sulfonamides is 1. The molecule has 1 aliphatic rings. The maximum absolute atomic E-state index is 14.0. The van der Waals surface area contributed by atoms with Crippen LogP contribution in [0.4, 0.5) is 14.6 Å². The molecule has 1 aliphatic heterocycles. The van der Waals surface area contributed by atoms with Crippen molar-refractivity contribution in [3.63, 3.8) is 0 Å². The number of aromatic nitrogens is 4. The Kier molecular flexibility index (Phi) is 5.43. The van der Waals surface area contributed by atoms with Crippen LogP contribution in [0, 0.1) is 23.0 Å². The number of fused-ring (bicyclic) bond motifs is 1. The molecule has 0 unspecified atom stereocenters. The second-order valence-electron chi connectivity index (χ2n) is 7.63. The van der Waals surface area contributed by atoms with Gasteiger partial charge in [0.15, 0.2) is 0 Å². The van der Waals surface area contributed by atoms with Gasteiger partial charge in [-0.15, -0.1) is 0 Å². The van der Waals surface area contributed by atoms with Crippen molar-refractivity contribution in [3.8, 4) is 17.3 Å². The van der Waals surface area contributed by atoms with E-state index in [0.29, 0.717) is 52.8 Å². The Morgan fingerprint density at radius 1 is 1.03 bits per heavy atom. The third-order valence-corrected chi connectivity index (χ3v) is 7.60. The maximum Gasteiger partial charge on any atom is 0.246 e. The lowest BCUT2D eigenvalue weighted by atomic mass is 10.1. The number of nitrogens with one attached hydrogen (secondary N) is 1. The molecule has 1 fully saturated rings. The number of piperazine rings is 1.